The summed E-state index contributed by atoms with van der Waals surface area (Å²) in [5.74, 6) is 1.27. The summed E-state index contributed by atoms with van der Waals surface area (Å²) in [5, 5.41) is 0.783. The quantitative estimate of drug-likeness (QED) is 0.783. The summed E-state index contributed by atoms with van der Waals surface area (Å²) in [7, 11) is 0. The average Bonchev–Trinajstić information content (AvgIpc) is 2.65. The Morgan fingerprint density at radius 2 is 2.20 bits per heavy atom. The molecule has 0 aromatic heterocycles. The molecule has 0 aromatic rings. The molecule has 4 heteroatoms. The van der Waals surface area contributed by atoms with Crippen molar-refractivity contribution in [3.05, 3.63) is 0 Å². The van der Waals surface area contributed by atoms with Gasteiger partial charge in [0, 0.05) is 37.2 Å². The van der Waals surface area contributed by atoms with Gasteiger partial charge in [-0.05, 0) is 12.8 Å². The molecule has 2 aliphatic rings. The summed E-state index contributed by atoms with van der Waals surface area (Å²) < 4.78 is 5.88. The molecule has 2 heterocycles. The molecule has 15 heavy (non-hydrogen) atoms. The average molecular weight is 230 g/mol. The predicted molar refractivity (Wildman–Crippen MR) is 65.3 cm³/mol. The Morgan fingerprint density at radius 1 is 1.40 bits per heavy atom. The Morgan fingerprint density at radius 3 is 2.87 bits per heavy atom. The predicted octanol–water partition coefficient (Wildman–Crippen LogP) is 0.930. The Hall–Kier alpha value is 0.230. The normalized spacial score (nSPS) is 38.4. The van der Waals surface area contributed by atoms with Crippen molar-refractivity contribution in [1.82, 2.24) is 4.90 Å². The van der Waals surface area contributed by atoms with E-state index in [4.69, 9.17) is 10.5 Å². The summed E-state index contributed by atoms with van der Waals surface area (Å²) in [4.78, 5) is 2.55. The molecule has 0 aliphatic carbocycles. The molecule has 0 bridgehead atoms. The molecule has 3 unspecified atom stereocenters. The van der Waals surface area contributed by atoms with E-state index in [1.165, 1.54) is 25.3 Å². The Kier molecular flexibility index (Phi) is 4.31. The summed E-state index contributed by atoms with van der Waals surface area (Å²) in [6.45, 7) is 6.55. The van der Waals surface area contributed by atoms with Gasteiger partial charge >= 0.3 is 0 Å². The third kappa shape index (κ3) is 3.34. The lowest BCUT2D eigenvalue weighted by Gasteiger charge is -2.32. The molecule has 0 spiro atoms. The van der Waals surface area contributed by atoms with Crippen molar-refractivity contribution in [3.63, 3.8) is 0 Å². The minimum absolute atomic E-state index is 0.326. The first-order valence-corrected chi connectivity index (χ1v) is 7.02. The fourth-order valence-corrected chi connectivity index (χ4v) is 3.51. The Labute approximate surface area is 96.7 Å². The van der Waals surface area contributed by atoms with Gasteiger partial charge in [0.05, 0.1) is 12.2 Å². The molecule has 0 radical (unpaired) electrons. The van der Waals surface area contributed by atoms with Gasteiger partial charge < -0.3 is 10.5 Å². The summed E-state index contributed by atoms with van der Waals surface area (Å²) >= 11 is 2.08. The van der Waals surface area contributed by atoms with E-state index in [0.717, 1.165) is 18.2 Å². The van der Waals surface area contributed by atoms with Crippen LogP contribution >= 0.6 is 11.8 Å². The number of rotatable bonds is 3. The third-order valence-corrected chi connectivity index (χ3v) is 4.38. The minimum Gasteiger partial charge on any atom is -0.372 e. The van der Waals surface area contributed by atoms with Crippen LogP contribution in [0.4, 0.5) is 0 Å². The molecule has 2 saturated heterocycles. The fraction of sp³-hybridized carbons (Fsp3) is 1.00. The molecule has 3 nitrogen and oxygen atoms in total. The smallest absolute Gasteiger partial charge is 0.0707 e. The van der Waals surface area contributed by atoms with Crippen molar-refractivity contribution in [2.75, 3.05) is 31.9 Å². The molecule has 3 atom stereocenters. The van der Waals surface area contributed by atoms with Crippen molar-refractivity contribution in [2.24, 2.45) is 5.73 Å². The minimum atomic E-state index is 0.326. The van der Waals surface area contributed by atoms with Crippen LogP contribution in [0.25, 0.3) is 0 Å². The maximum atomic E-state index is 5.88. The van der Waals surface area contributed by atoms with E-state index in [0.29, 0.717) is 18.8 Å². The van der Waals surface area contributed by atoms with Crippen LogP contribution in [0.2, 0.25) is 0 Å². The van der Waals surface area contributed by atoms with Crippen molar-refractivity contribution in [3.8, 4) is 0 Å². The highest BCUT2D eigenvalue weighted by atomic mass is 32.2. The SMILES string of the molecule is CC1CN(CC2CCC(CN)O2)CCS1. The van der Waals surface area contributed by atoms with Gasteiger partial charge in [0.15, 0.2) is 0 Å². The number of thioether (sulfide) groups is 1. The number of ether oxygens (including phenoxy) is 1. The second-order valence-corrected chi connectivity index (χ2v) is 6.18. The van der Waals surface area contributed by atoms with Crippen molar-refractivity contribution in [1.29, 1.82) is 0 Å². The van der Waals surface area contributed by atoms with Crippen LogP contribution in [0.5, 0.6) is 0 Å². The second kappa shape index (κ2) is 5.53. The first kappa shape index (κ1) is 11.7. The van der Waals surface area contributed by atoms with Crippen LogP contribution in [0.15, 0.2) is 0 Å². The van der Waals surface area contributed by atoms with Crippen LogP contribution in [0.3, 0.4) is 0 Å². The van der Waals surface area contributed by atoms with Crippen molar-refractivity contribution >= 4 is 11.8 Å². The van der Waals surface area contributed by atoms with Gasteiger partial charge in [0.2, 0.25) is 0 Å². The second-order valence-electron chi connectivity index (χ2n) is 4.63. The van der Waals surface area contributed by atoms with E-state index in [-0.39, 0.29) is 0 Å². The molecule has 0 saturated carbocycles. The summed E-state index contributed by atoms with van der Waals surface area (Å²) in [5.41, 5.74) is 5.61. The highest BCUT2D eigenvalue weighted by Crippen LogP contribution is 2.23. The summed E-state index contributed by atoms with van der Waals surface area (Å²) in [6, 6.07) is 0. The van der Waals surface area contributed by atoms with Gasteiger partial charge in [-0.15, -0.1) is 0 Å². The van der Waals surface area contributed by atoms with E-state index in [1.54, 1.807) is 0 Å². The maximum absolute atomic E-state index is 5.88. The molecule has 2 fully saturated rings. The van der Waals surface area contributed by atoms with Crippen LogP contribution in [0.1, 0.15) is 19.8 Å². The highest BCUT2D eigenvalue weighted by Gasteiger charge is 2.27. The highest BCUT2D eigenvalue weighted by molar-refractivity contribution is 7.99. The Balaban J connectivity index is 1.72. The van der Waals surface area contributed by atoms with Gasteiger partial charge in [-0.2, -0.15) is 11.8 Å². The first-order valence-electron chi connectivity index (χ1n) is 5.97. The van der Waals surface area contributed by atoms with E-state index >= 15 is 0 Å². The Bertz CT molecular complexity index is 203. The zero-order valence-electron chi connectivity index (χ0n) is 9.52. The fourth-order valence-electron chi connectivity index (χ4n) is 2.43. The van der Waals surface area contributed by atoms with Gasteiger partial charge in [0.25, 0.3) is 0 Å². The monoisotopic (exact) mass is 230 g/mol. The van der Waals surface area contributed by atoms with Gasteiger partial charge in [-0.25, -0.2) is 0 Å². The topological polar surface area (TPSA) is 38.5 Å². The molecule has 0 aromatic carbocycles. The molecular weight excluding hydrogens is 208 g/mol. The zero-order valence-corrected chi connectivity index (χ0v) is 10.3. The van der Waals surface area contributed by atoms with Crippen molar-refractivity contribution < 1.29 is 4.74 Å². The third-order valence-electron chi connectivity index (χ3n) is 3.25. The van der Waals surface area contributed by atoms with Crippen LogP contribution in [-0.4, -0.2) is 54.3 Å². The van der Waals surface area contributed by atoms with E-state index in [9.17, 15) is 0 Å². The van der Waals surface area contributed by atoms with E-state index in [1.807, 2.05) is 0 Å². The number of hydrogen-bond donors (Lipinski definition) is 1. The number of hydrogen-bond acceptors (Lipinski definition) is 4. The van der Waals surface area contributed by atoms with E-state index < -0.39 is 0 Å². The first-order chi connectivity index (χ1) is 7.28. The molecule has 88 valence electrons. The van der Waals surface area contributed by atoms with Crippen LogP contribution in [0, 0.1) is 0 Å². The van der Waals surface area contributed by atoms with Gasteiger partial charge in [-0.3, -0.25) is 4.90 Å². The number of nitrogens with zero attached hydrogens (tertiary/aromatic N) is 1. The van der Waals surface area contributed by atoms with Gasteiger partial charge in [-0.1, -0.05) is 6.92 Å². The van der Waals surface area contributed by atoms with E-state index in [2.05, 4.69) is 23.6 Å². The standard InChI is InChI=1S/C11H22N2OS/c1-9-7-13(4-5-15-9)8-11-3-2-10(6-12)14-11/h9-11H,2-8,12H2,1H3. The summed E-state index contributed by atoms with van der Waals surface area (Å²) in [6.07, 6.45) is 3.11. The lowest BCUT2D eigenvalue weighted by Crippen LogP contribution is -2.41. The molecule has 2 rings (SSSR count). The van der Waals surface area contributed by atoms with Crippen LogP contribution < -0.4 is 5.73 Å². The zero-order chi connectivity index (χ0) is 10.7. The lowest BCUT2D eigenvalue weighted by molar-refractivity contribution is 0.0279. The largest absolute Gasteiger partial charge is 0.372 e. The molecule has 2 N–H and O–H groups in total. The lowest BCUT2D eigenvalue weighted by atomic mass is 10.2. The van der Waals surface area contributed by atoms with Gasteiger partial charge in [0.1, 0.15) is 0 Å². The molecular formula is C11H22N2OS. The molecule has 2 aliphatic heterocycles. The van der Waals surface area contributed by atoms with Crippen LogP contribution in [-0.2, 0) is 4.74 Å². The van der Waals surface area contributed by atoms with Crippen molar-refractivity contribution in [2.45, 2.75) is 37.2 Å². The molecule has 0 amide bonds. The maximum Gasteiger partial charge on any atom is 0.0707 e. The number of nitrogens with two attached hydrogens (primary N) is 1.